The summed E-state index contributed by atoms with van der Waals surface area (Å²) in [5.74, 6) is -3.33. The number of pyridine rings is 1. The van der Waals surface area contributed by atoms with Crippen LogP contribution in [-0.4, -0.2) is 32.5 Å². The van der Waals surface area contributed by atoms with Crippen molar-refractivity contribution in [3.05, 3.63) is 36.4 Å². The van der Waals surface area contributed by atoms with Gasteiger partial charge in [0.15, 0.2) is 5.49 Å². The van der Waals surface area contributed by atoms with Crippen LogP contribution in [0.4, 0.5) is 0 Å². The van der Waals surface area contributed by atoms with Gasteiger partial charge in [-0.2, -0.15) is 0 Å². The number of hydrogen-bond acceptors (Lipinski definition) is 5. The van der Waals surface area contributed by atoms with Crippen LogP contribution in [0.3, 0.4) is 0 Å². The van der Waals surface area contributed by atoms with Gasteiger partial charge >= 0.3 is 13.8 Å². The van der Waals surface area contributed by atoms with Gasteiger partial charge in [0.05, 0.1) is 5.52 Å². The maximum Gasteiger partial charge on any atom is 0.382 e. The van der Waals surface area contributed by atoms with Crippen molar-refractivity contribution in [1.29, 1.82) is 0 Å². The Hall–Kier alpha value is -1.49. The van der Waals surface area contributed by atoms with Gasteiger partial charge in [0, 0.05) is 5.39 Å². The van der Waals surface area contributed by atoms with Gasteiger partial charge in [0.1, 0.15) is 10.9 Å². The van der Waals surface area contributed by atoms with Crippen molar-refractivity contribution in [3.63, 3.8) is 0 Å². The number of aliphatic hydroxyl groups is 1. The van der Waals surface area contributed by atoms with E-state index < -0.39 is 25.5 Å². The summed E-state index contributed by atoms with van der Waals surface area (Å²) in [7, 11) is -2.06. The molecule has 3 unspecified atom stereocenters. The molecular weight excluding hydrogens is 345 g/mol. The molecule has 0 saturated heterocycles. The second kappa shape index (κ2) is 8.56. The Bertz CT molecular complexity index is 737. The first-order valence-electron chi connectivity index (χ1n) is 7.71. The Kier molecular flexibility index (Phi) is 6.72. The summed E-state index contributed by atoms with van der Waals surface area (Å²) >= 11 is 1.27. The molecule has 2 N–H and O–H groups in total. The van der Waals surface area contributed by atoms with Crippen LogP contribution in [-0.2, 0) is 9.36 Å². The highest BCUT2D eigenvalue weighted by atomic mass is 32.2. The van der Waals surface area contributed by atoms with Gasteiger partial charge in [-0.3, -0.25) is 4.79 Å². The Morgan fingerprint density at radius 1 is 1.25 bits per heavy atom. The first kappa shape index (κ1) is 18.8. The highest BCUT2D eigenvalue weighted by Gasteiger charge is 2.40. The van der Waals surface area contributed by atoms with Gasteiger partial charge in [-0.05, 0) is 24.5 Å². The second-order valence-electron chi connectivity index (χ2n) is 6.02. The summed E-state index contributed by atoms with van der Waals surface area (Å²) < 4.78 is 12.3. The lowest BCUT2D eigenvalue weighted by Crippen LogP contribution is -2.27. The second-order valence-corrected chi connectivity index (χ2v) is 9.12. The minimum Gasteiger partial charge on any atom is -0.481 e. The van der Waals surface area contributed by atoms with Crippen molar-refractivity contribution < 1.29 is 19.6 Å². The molecule has 2 aromatic rings. The number of nitrogens with zero attached hydrogens (tertiary/aromatic N) is 1. The number of fused-ring (bicyclic) bond motifs is 1. The quantitative estimate of drug-likeness (QED) is 0.538. The van der Waals surface area contributed by atoms with E-state index in [4.69, 9.17) is 0 Å². The van der Waals surface area contributed by atoms with Crippen molar-refractivity contribution in [2.45, 2.75) is 31.1 Å². The lowest BCUT2D eigenvalue weighted by atomic mass is 9.98. The number of carboxylic acids is 1. The molecule has 1 aromatic heterocycles. The van der Waals surface area contributed by atoms with E-state index in [9.17, 15) is 19.6 Å². The lowest BCUT2D eigenvalue weighted by Gasteiger charge is -2.14. The smallest absolute Gasteiger partial charge is 0.382 e. The zero-order chi connectivity index (χ0) is 17.7. The zero-order valence-corrected chi connectivity index (χ0v) is 15.3. The molecule has 0 spiro atoms. The predicted octanol–water partition coefficient (Wildman–Crippen LogP) is 4.18. The van der Waals surface area contributed by atoms with Crippen LogP contribution >= 0.6 is 19.6 Å². The number of para-hydroxylation sites is 1. The van der Waals surface area contributed by atoms with Crippen LogP contribution in [0.5, 0.6) is 0 Å². The highest BCUT2D eigenvalue weighted by molar-refractivity contribution is 8.03. The molecule has 0 bridgehead atoms. The topological polar surface area (TPSA) is 87.5 Å². The largest absolute Gasteiger partial charge is 0.481 e. The third kappa shape index (κ3) is 5.00. The molecule has 0 amide bonds. The average Bonchev–Trinajstić information content (AvgIpc) is 2.56. The van der Waals surface area contributed by atoms with Crippen molar-refractivity contribution in [2.75, 3.05) is 5.49 Å². The van der Waals surface area contributed by atoms with Crippen LogP contribution in [0.15, 0.2) is 41.4 Å². The number of benzene rings is 1. The van der Waals surface area contributed by atoms with E-state index in [-0.39, 0.29) is 11.4 Å². The van der Waals surface area contributed by atoms with Gasteiger partial charge in [-0.15, -0.1) is 0 Å². The number of carbonyl (C=O) groups is 1. The molecule has 7 heteroatoms. The fourth-order valence-corrected chi connectivity index (χ4v) is 5.02. The van der Waals surface area contributed by atoms with Crippen LogP contribution in [0.1, 0.15) is 20.3 Å². The Labute approximate surface area is 146 Å². The molecule has 3 atom stereocenters. The van der Waals surface area contributed by atoms with Gasteiger partial charge in [-0.25, -0.2) is 4.98 Å². The first-order valence-corrected chi connectivity index (χ1v) is 10.2. The molecule has 128 valence electrons. The van der Waals surface area contributed by atoms with Crippen LogP contribution < -0.4 is 0 Å². The van der Waals surface area contributed by atoms with Gasteiger partial charge < -0.3 is 10.2 Å². The van der Waals surface area contributed by atoms with Gasteiger partial charge in [0.2, 0.25) is 0 Å². The number of hydrogen-bond donors (Lipinski definition) is 2. The van der Waals surface area contributed by atoms with E-state index in [2.05, 4.69) is 4.98 Å². The molecule has 2 rings (SSSR count). The summed E-state index contributed by atoms with van der Waals surface area (Å²) in [4.78, 5) is 15.8. The van der Waals surface area contributed by atoms with E-state index in [1.165, 1.54) is 11.8 Å². The van der Waals surface area contributed by atoms with Crippen LogP contribution in [0.2, 0.25) is 0 Å². The zero-order valence-electron chi connectivity index (χ0n) is 13.6. The summed E-state index contributed by atoms with van der Waals surface area (Å²) in [5.41, 5.74) is 0.991. The molecule has 5 nitrogen and oxygen atoms in total. The first-order chi connectivity index (χ1) is 11.4. The van der Waals surface area contributed by atoms with E-state index in [0.717, 1.165) is 10.9 Å². The molecule has 0 radical (unpaired) electrons. The van der Waals surface area contributed by atoms with Crippen molar-refractivity contribution in [1.82, 2.24) is 4.98 Å². The molecule has 0 saturated carbocycles. The maximum absolute atomic E-state index is 12.3. The molecule has 0 aliphatic heterocycles. The molecule has 24 heavy (non-hydrogen) atoms. The normalized spacial score (nSPS) is 14.6. The monoisotopic (exact) mass is 366 g/mol. The minimum atomic E-state index is -2.06. The number of carboxylic acid groups (broad SMARTS) is 1. The number of aliphatic carboxylic acids is 1. The number of aromatic nitrogens is 1. The molecule has 1 aromatic carbocycles. The Morgan fingerprint density at radius 3 is 2.62 bits per heavy atom. The number of rotatable bonds is 8. The van der Waals surface area contributed by atoms with Gasteiger partial charge in [-0.1, -0.05) is 54.4 Å². The van der Waals surface area contributed by atoms with E-state index >= 15 is 0 Å². The van der Waals surface area contributed by atoms with Crippen molar-refractivity contribution in [3.8, 4) is 0 Å². The van der Waals surface area contributed by atoms with Crippen molar-refractivity contribution in [2.24, 2.45) is 11.8 Å². The van der Waals surface area contributed by atoms with Crippen LogP contribution in [0, 0.1) is 11.8 Å². The van der Waals surface area contributed by atoms with E-state index in [1.54, 1.807) is 0 Å². The molecular formula is C17H21NO4PS+. The standard InChI is InChI=1S/C17H20NO4PS/c1-11(2)9-13(16(19)20)17(21)23(22)10-24-15-8-7-12-5-3-4-6-14(12)18-15/h3-8,11,13,17,21H,9-10H2,1-2H3/p+1. The van der Waals surface area contributed by atoms with E-state index in [0.29, 0.717) is 11.4 Å². The molecule has 0 aliphatic rings. The SMILES string of the molecule is CC(C)CC(C(=O)O)C(O)[P+](=O)CSc1ccc2ccccc2n1. The number of aliphatic hydroxyl groups excluding tert-OH is 1. The summed E-state index contributed by atoms with van der Waals surface area (Å²) in [5, 5.41) is 21.1. The third-order valence-electron chi connectivity index (χ3n) is 3.61. The Balaban J connectivity index is 2.01. The van der Waals surface area contributed by atoms with Gasteiger partial charge in [0.25, 0.3) is 5.85 Å². The molecule has 1 heterocycles. The maximum atomic E-state index is 12.3. The summed E-state index contributed by atoms with van der Waals surface area (Å²) in [6.45, 7) is 3.76. The fourth-order valence-electron chi connectivity index (χ4n) is 2.39. The molecule has 0 fully saturated rings. The average molecular weight is 366 g/mol. The predicted molar refractivity (Wildman–Crippen MR) is 96.7 cm³/mol. The fraction of sp³-hybridized carbons (Fsp3) is 0.412. The van der Waals surface area contributed by atoms with Crippen LogP contribution in [0.25, 0.3) is 10.9 Å². The van der Waals surface area contributed by atoms with Crippen molar-refractivity contribution >= 4 is 36.4 Å². The lowest BCUT2D eigenvalue weighted by molar-refractivity contribution is -0.144. The Morgan fingerprint density at radius 2 is 1.96 bits per heavy atom. The summed E-state index contributed by atoms with van der Waals surface area (Å²) in [6, 6.07) is 11.5. The third-order valence-corrected chi connectivity index (χ3v) is 6.62. The van der Waals surface area contributed by atoms with E-state index in [1.807, 2.05) is 50.2 Å². The highest BCUT2D eigenvalue weighted by Crippen LogP contribution is 2.39. The number of thioether (sulfide) groups is 1. The molecule has 0 aliphatic carbocycles. The summed E-state index contributed by atoms with van der Waals surface area (Å²) in [6.07, 6.45) is 0.302. The minimum absolute atomic E-state index is 0.110.